The van der Waals surface area contributed by atoms with E-state index in [4.69, 9.17) is 0 Å². The van der Waals surface area contributed by atoms with Crippen molar-refractivity contribution >= 4 is 44.8 Å². The summed E-state index contributed by atoms with van der Waals surface area (Å²) in [6.45, 7) is 0. The summed E-state index contributed by atoms with van der Waals surface area (Å²) in [5.41, 5.74) is 6.35. The van der Waals surface area contributed by atoms with Crippen LogP contribution in [0.3, 0.4) is 0 Å². The largest absolute Gasteiger partial charge is 0.378 e. The van der Waals surface area contributed by atoms with Crippen molar-refractivity contribution in [2.75, 3.05) is 19.0 Å². The maximum atomic E-state index is 12.1. The maximum absolute atomic E-state index is 12.1. The number of hydrogen-bond donors (Lipinski definition) is 2. The van der Waals surface area contributed by atoms with Gasteiger partial charge in [0, 0.05) is 36.6 Å². The molecule has 2 aromatic rings. The molecule has 7 heteroatoms. The Hall–Kier alpha value is -1.86. The highest BCUT2D eigenvalue weighted by atomic mass is 79.9. The predicted octanol–water partition coefficient (Wildman–Crippen LogP) is 3.36. The van der Waals surface area contributed by atoms with Gasteiger partial charge in [-0.25, -0.2) is 0 Å². The number of hydrogen-bond acceptors (Lipinski definition) is 4. The van der Waals surface area contributed by atoms with E-state index in [2.05, 4.69) is 26.8 Å². The van der Waals surface area contributed by atoms with E-state index >= 15 is 0 Å². The number of halogens is 1. The van der Waals surface area contributed by atoms with Gasteiger partial charge in [0.25, 0.3) is 5.91 Å². The van der Waals surface area contributed by atoms with Gasteiger partial charge in [-0.1, -0.05) is 6.07 Å². The summed E-state index contributed by atoms with van der Waals surface area (Å²) in [6.07, 6.45) is 1.96. The van der Waals surface area contributed by atoms with E-state index < -0.39 is 0 Å². The monoisotopic (exact) mass is 409 g/mol. The lowest BCUT2D eigenvalue weighted by molar-refractivity contribution is -0.121. The Morgan fingerprint density at radius 1 is 1.17 bits per heavy atom. The number of amides is 2. The number of benzene rings is 1. The van der Waals surface area contributed by atoms with Gasteiger partial charge in [-0.15, -0.1) is 11.3 Å². The molecule has 0 aliphatic heterocycles. The van der Waals surface area contributed by atoms with E-state index in [1.807, 2.05) is 43.3 Å². The summed E-state index contributed by atoms with van der Waals surface area (Å²) >= 11 is 5.09. The topological polar surface area (TPSA) is 61.4 Å². The molecule has 2 rings (SSSR count). The average molecular weight is 410 g/mol. The molecule has 5 nitrogen and oxygen atoms in total. The van der Waals surface area contributed by atoms with Crippen LogP contribution in [-0.4, -0.2) is 25.9 Å². The first kappa shape index (κ1) is 18.5. The molecule has 0 saturated heterocycles. The van der Waals surface area contributed by atoms with Gasteiger partial charge in [0.1, 0.15) is 0 Å². The van der Waals surface area contributed by atoms with Crippen molar-refractivity contribution in [2.45, 2.75) is 19.3 Å². The molecule has 0 unspecified atom stereocenters. The van der Waals surface area contributed by atoms with Crippen LogP contribution in [0.1, 0.15) is 28.1 Å². The fraction of sp³-hybridized carbons (Fsp3) is 0.294. The highest BCUT2D eigenvalue weighted by Gasteiger charge is 2.09. The van der Waals surface area contributed by atoms with Crippen LogP contribution >= 0.6 is 27.3 Å². The molecule has 0 bridgehead atoms. The minimum absolute atomic E-state index is 0.192. The van der Waals surface area contributed by atoms with Gasteiger partial charge in [-0.05, 0) is 59.1 Å². The molecule has 1 aromatic heterocycles. The lowest BCUT2D eigenvalue weighted by Crippen LogP contribution is -2.41. The number of rotatable bonds is 6. The second-order valence-corrected chi connectivity index (χ2v) is 8.05. The zero-order chi connectivity index (χ0) is 17.5. The van der Waals surface area contributed by atoms with Crippen LogP contribution in [0, 0.1) is 0 Å². The third-order valence-corrected chi connectivity index (χ3v) is 5.08. The summed E-state index contributed by atoms with van der Waals surface area (Å²) in [6, 6.07) is 11.3. The van der Waals surface area contributed by atoms with E-state index in [1.165, 1.54) is 4.88 Å². The lowest BCUT2D eigenvalue weighted by atomic mass is 10.2. The van der Waals surface area contributed by atoms with Crippen LogP contribution in [0.2, 0.25) is 0 Å². The normalized spacial score (nSPS) is 10.3. The zero-order valence-electron chi connectivity index (χ0n) is 13.6. The number of anilines is 1. The molecular weight excluding hydrogens is 390 g/mol. The number of hydrazine groups is 1. The molecule has 0 fully saturated rings. The number of carbonyl (C=O) groups is 2. The smallest absolute Gasteiger partial charge is 0.269 e. The van der Waals surface area contributed by atoms with Crippen molar-refractivity contribution in [1.29, 1.82) is 0 Å². The van der Waals surface area contributed by atoms with Crippen LogP contribution in [0.5, 0.6) is 0 Å². The molecule has 0 atom stereocenters. The summed E-state index contributed by atoms with van der Waals surface area (Å²) in [7, 11) is 3.82. The summed E-state index contributed by atoms with van der Waals surface area (Å²) < 4.78 is 1.09. The second kappa shape index (κ2) is 8.84. The Morgan fingerprint density at radius 2 is 1.96 bits per heavy atom. The van der Waals surface area contributed by atoms with E-state index in [0.717, 1.165) is 22.3 Å². The fourth-order valence-corrected chi connectivity index (χ4v) is 3.62. The molecule has 1 heterocycles. The van der Waals surface area contributed by atoms with Crippen molar-refractivity contribution < 1.29 is 9.59 Å². The SMILES string of the molecule is CN(C)c1cccc(C(=O)NNC(=O)CCCc2ccc(Br)s2)c1. The highest BCUT2D eigenvalue weighted by molar-refractivity contribution is 9.11. The van der Waals surface area contributed by atoms with Crippen molar-refractivity contribution in [2.24, 2.45) is 0 Å². The summed E-state index contributed by atoms with van der Waals surface area (Å²) in [4.78, 5) is 27.0. The molecule has 0 radical (unpaired) electrons. The molecule has 0 aliphatic carbocycles. The summed E-state index contributed by atoms with van der Waals surface area (Å²) in [5.74, 6) is -0.517. The van der Waals surface area contributed by atoms with E-state index in [9.17, 15) is 9.59 Å². The molecule has 0 saturated carbocycles. The Kier molecular flexibility index (Phi) is 6.81. The van der Waals surface area contributed by atoms with Crippen LogP contribution in [0.25, 0.3) is 0 Å². The van der Waals surface area contributed by atoms with E-state index in [-0.39, 0.29) is 11.8 Å². The van der Waals surface area contributed by atoms with Crippen LogP contribution in [0.4, 0.5) is 5.69 Å². The van der Waals surface area contributed by atoms with Gasteiger partial charge in [0.15, 0.2) is 0 Å². The van der Waals surface area contributed by atoms with Gasteiger partial charge in [0.05, 0.1) is 3.79 Å². The standard InChI is InChI=1S/C17H20BrN3O2S/c1-21(2)13-6-3-5-12(11-13)17(23)20-19-16(22)8-4-7-14-9-10-15(18)24-14/h3,5-6,9-11H,4,7-8H2,1-2H3,(H,19,22)(H,20,23). The number of thiophene rings is 1. The Balaban J connectivity index is 1.74. The Morgan fingerprint density at radius 3 is 2.62 bits per heavy atom. The van der Waals surface area contributed by atoms with Crippen molar-refractivity contribution in [1.82, 2.24) is 10.9 Å². The third-order valence-electron chi connectivity index (χ3n) is 3.40. The highest BCUT2D eigenvalue weighted by Crippen LogP contribution is 2.23. The lowest BCUT2D eigenvalue weighted by Gasteiger charge is -2.13. The van der Waals surface area contributed by atoms with Crippen LogP contribution in [-0.2, 0) is 11.2 Å². The molecule has 2 N–H and O–H groups in total. The minimum atomic E-state index is -0.325. The first-order chi connectivity index (χ1) is 11.5. The Bertz CT molecular complexity index is 715. The molecular formula is C17H20BrN3O2S. The molecule has 2 amide bonds. The van der Waals surface area contributed by atoms with Gasteiger partial charge in [0.2, 0.25) is 5.91 Å². The molecule has 24 heavy (non-hydrogen) atoms. The van der Waals surface area contributed by atoms with Gasteiger partial charge >= 0.3 is 0 Å². The number of aryl methyl sites for hydroxylation is 1. The average Bonchev–Trinajstić information content (AvgIpc) is 2.98. The quantitative estimate of drug-likeness (QED) is 0.718. The minimum Gasteiger partial charge on any atom is -0.378 e. The van der Waals surface area contributed by atoms with Gasteiger partial charge < -0.3 is 4.90 Å². The van der Waals surface area contributed by atoms with E-state index in [0.29, 0.717) is 12.0 Å². The molecule has 0 aliphatic rings. The zero-order valence-corrected chi connectivity index (χ0v) is 16.0. The maximum Gasteiger partial charge on any atom is 0.269 e. The van der Waals surface area contributed by atoms with Gasteiger partial charge in [-0.2, -0.15) is 0 Å². The van der Waals surface area contributed by atoms with E-state index in [1.54, 1.807) is 23.5 Å². The predicted molar refractivity (Wildman–Crippen MR) is 101 cm³/mol. The van der Waals surface area contributed by atoms with Gasteiger partial charge in [-0.3, -0.25) is 20.4 Å². The van der Waals surface area contributed by atoms with Crippen molar-refractivity contribution in [3.63, 3.8) is 0 Å². The van der Waals surface area contributed by atoms with Crippen LogP contribution in [0.15, 0.2) is 40.2 Å². The fourth-order valence-electron chi connectivity index (χ4n) is 2.10. The van der Waals surface area contributed by atoms with Crippen LogP contribution < -0.4 is 15.8 Å². The molecule has 128 valence electrons. The third kappa shape index (κ3) is 5.65. The summed E-state index contributed by atoms with van der Waals surface area (Å²) in [5, 5.41) is 0. The number of nitrogens with one attached hydrogen (secondary N) is 2. The second-order valence-electron chi connectivity index (χ2n) is 5.51. The van der Waals surface area contributed by atoms with Crippen molar-refractivity contribution in [3.8, 4) is 0 Å². The van der Waals surface area contributed by atoms with Crippen molar-refractivity contribution in [3.05, 3.63) is 50.6 Å². The first-order valence-corrected chi connectivity index (χ1v) is 9.17. The number of carbonyl (C=O) groups excluding carboxylic acids is 2. The molecule has 1 aromatic carbocycles. The first-order valence-electron chi connectivity index (χ1n) is 7.56. The molecule has 0 spiro atoms. The number of nitrogens with zero attached hydrogens (tertiary/aromatic N) is 1. The Labute approximate surface area is 154 Å².